The number of carbonyl (C=O) groups is 1. The molecule has 0 aliphatic carbocycles. The number of rotatable bonds is 3. The van der Waals surface area contributed by atoms with Crippen LogP contribution in [0.3, 0.4) is 0 Å². The average molecular weight is 233 g/mol. The first kappa shape index (κ1) is 11.7. The number of aliphatic hydroxyl groups excluding tert-OH is 1. The summed E-state index contributed by atoms with van der Waals surface area (Å²) in [7, 11) is 0. The van der Waals surface area contributed by atoms with E-state index in [1.807, 2.05) is 0 Å². The Morgan fingerprint density at radius 1 is 1.59 bits per heavy atom. The fourth-order valence-electron chi connectivity index (χ4n) is 1.87. The van der Waals surface area contributed by atoms with Crippen LogP contribution in [0, 0.1) is 0 Å². The number of aliphatic hydroxyl groups is 1. The number of nitrogens with zero attached hydrogens (tertiary/aromatic N) is 1. The molecular formula is C13H15NO3. The summed E-state index contributed by atoms with van der Waals surface area (Å²) in [5.74, 6) is 0.573. The van der Waals surface area contributed by atoms with Crippen molar-refractivity contribution in [2.45, 2.75) is 19.6 Å². The number of hydrogen-bond donors (Lipinski definition) is 1. The summed E-state index contributed by atoms with van der Waals surface area (Å²) >= 11 is 0. The molecule has 0 spiro atoms. The van der Waals surface area contributed by atoms with E-state index in [0.717, 1.165) is 5.56 Å². The summed E-state index contributed by atoms with van der Waals surface area (Å²) in [6, 6.07) is 5.33. The van der Waals surface area contributed by atoms with Crippen LogP contribution in [0.5, 0.6) is 5.75 Å². The minimum Gasteiger partial charge on any atom is -0.479 e. The van der Waals surface area contributed by atoms with Crippen molar-refractivity contribution in [1.82, 2.24) is 0 Å². The lowest BCUT2D eigenvalue weighted by molar-refractivity contribution is -0.125. The first-order valence-electron chi connectivity index (χ1n) is 5.50. The van der Waals surface area contributed by atoms with Gasteiger partial charge in [0.1, 0.15) is 5.75 Å². The maximum Gasteiger partial charge on any atom is 0.268 e. The van der Waals surface area contributed by atoms with Crippen LogP contribution in [0.15, 0.2) is 30.9 Å². The van der Waals surface area contributed by atoms with Gasteiger partial charge in [-0.3, -0.25) is 4.79 Å². The van der Waals surface area contributed by atoms with E-state index in [4.69, 9.17) is 9.84 Å². The van der Waals surface area contributed by atoms with Crippen LogP contribution in [0.1, 0.15) is 12.5 Å². The molecule has 0 saturated carbocycles. The Labute approximate surface area is 100 Å². The molecule has 17 heavy (non-hydrogen) atoms. The first-order valence-corrected chi connectivity index (χ1v) is 5.50. The number of ether oxygens (including phenoxy) is 1. The van der Waals surface area contributed by atoms with Gasteiger partial charge in [-0.1, -0.05) is 12.1 Å². The van der Waals surface area contributed by atoms with Crippen molar-refractivity contribution >= 4 is 11.6 Å². The molecule has 1 atom stereocenters. The van der Waals surface area contributed by atoms with E-state index < -0.39 is 6.10 Å². The number of hydrogen-bond acceptors (Lipinski definition) is 3. The van der Waals surface area contributed by atoms with Gasteiger partial charge < -0.3 is 14.7 Å². The Balaban J connectivity index is 2.47. The van der Waals surface area contributed by atoms with E-state index in [2.05, 4.69) is 6.58 Å². The quantitative estimate of drug-likeness (QED) is 0.804. The van der Waals surface area contributed by atoms with Crippen molar-refractivity contribution in [2.75, 3.05) is 11.4 Å². The van der Waals surface area contributed by atoms with Gasteiger partial charge in [-0.05, 0) is 24.6 Å². The lowest BCUT2D eigenvalue weighted by Crippen LogP contribution is -2.44. The Morgan fingerprint density at radius 2 is 2.35 bits per heavy atom. The van der Waals surface area contributed by atoms with Gasteiger partial charge in [0.2, 0.25) is 0 Å². The molecule has 4 heteroatoms. The molecule has 0 saturated heterocycles. The maximum atomic E-state index is 12.0. The Hall–Kier alpha value is -1.81. The molecular weight excluding hydrogens is 218 g/mol. The number of benzene rings is 1. The second-order valence-corrected chi connectivity index (χ2v) is 3.96. The van der Waals surface area contributed by atoms with Crippen LogP contribution in [-0.4, -0.2) is 23.7 Å². The van der Waals surface area contributed by atoms with Gasteiger partial charge in [0, 0.05) is 6.54 Å². The first-order chi connectivity index (χ1) is 8.17. The lowest BCUT2D eigenvalue weighted by Gasteiger charge is -2.32. The summed E-state index contributed by atoms with van der Waals surface area (Å²) < 4.78 is 5.51. The smallest absolute Gasteiger partial charge is 0.268 e. The van der Waals surface area contributed by atoms with Gasteiger partial charge in [0.05, 0.1) is 12.3 Å². The fourth-order valence-corrected chi connectivity index (χ4v) is 1.87. The highest BCUT2D eigenvalue weighted by molar-refractivity contribution is 6.00. The monoisotopic (exact) mass is 233 g/mol. The van der Waals surface area contributed by atoms with Gasteiger partial charge >= 0.3 is 0 Å². The molecule has 0 fully saturated rings. The highest BCUT2D eigenvalue weighted by atomic mass is 16.5. The largest absolute Gasteiger partial charge is 0.479 e. The average Bonchev–Trinajstić information content (AvgIpc) is 2.34. The highest BCUT2D eigenvalue weighted by Gasteiger charge is 2.30. The lowest BCUT2D eigenvalue weighted by atomic mass is 10.1. The van der Waals surface area contributed by atoms with Crippen LogP contribution in [-0.2, 0) is 11.4 Å². The Bertz CT molecular complexity index is 456. The molecule has 0 aromatic heterocycles. The van der Waals surface area contributed by atoms with Gasteiger partial charge in [0.25, 0.3) is 5.91 Å². The van der Waals surface area contributed by atoms with Crippen LogP contribution in [0.2, 0.25) is 0 Å². The van der Waals surface area contributed by atoms with E-state index in [1.54, 1.807) is 36.1 Å². The maximum absolute atomic E-state index is 12.0. The summed E-state index contributed by atoms with van der Waals surface area (Å²) in [5, 5.41) is 9.11. The molecule has 1 aliphatic heterocycles. The third-order valence-electron chi connectivity index (χ3n) is 2.73. The topological polar surface area (TPSA) is 49.8 Å². The van der Waals surface area contributed by atoms with Gasteiger partial charge in [-0.15, -0.1) is 6.58 Å². The van der Waals surface area contributed by atoms with E-state index >= 15 is 0 Å². The molecule has 1 amide bonds. The molecule has 1 aromatic carbocycles. The predicted molar refractivity (Wildman–Crippen MR) is 65.0 cm³/mol. The zero-order valence-corrected chi connectivity index (χ0v) is 9.72. The molecule has 90 valence electrons. The Morgan fingerprint density at radius 3 is 3.00 bits per heavy atom. The summed E-state index contributed by atoms with van der Waals surface area (Å²) in [4.78, 5) is 13.6. The minimum atomic E-state index is -0.484. The minimum absolute atomic E-state index is 0.0566. The molecule has 0 radical (unpaired) electrons. The van der Waals surface area contributed by atoms with Crippen LogP contribution >= 0.6 is 0 Å². The van der Waals surface area contributed by atoms with E-state index in [1.165, 1.54) is 0 Å². The van der Waals surface area contributed by atoms with Gasteiger partial charge in [0.15, 0.2) is 6.10 Å². The summed E-state index contributed by atoms with van der Waals surface area (Å²) in [6.07, 6.45) is 1.19. The normalized spacial score (nSPS) is 18.6. The zero-order chi connectivity index (χ0) is 12.4. The summed E-state index contributed by atoms with van der Waals surface area (Å²) in [5.41, 5.74) is 1.45. The number of amides is 1. The van der Waals surface area contributed by atoms with Crippen LogP contribution < -0.4 is 9.64 Å². The second kappa shape index (κ2) is 4.59. The molecule has 1 heterocycles. The third kappa shape index (κ3) is 2.03. The molecule has 2 rings (SSSR count). The molecule has 0 bridgehead atoms. The van der Waals surface area contributed by atoms with Gasteiger partial charge in [-0.25, -0.2) is 0 Å². The Kier molecular flexibility index (Phi) is 3.15. The van der Waals surface area contributed by atoms with E-state index in [9.17, 15) is 4.79 Å². The number of carbonyl (C=O) groups excluding carboxylic acids is 1. The SMILES string of the molecule is C=CCN1C(=O)C(C)Oc2ccc(CO)cc21. The van der Waals surface area contributed by atoms with Crippen LogP contribution in [0.4, 0.5) is 5.69 Å². The molecule has 1 unspecified atom stereocenters. The van der Waals surface area contributed by atoms with E-state index in [-0.39, 0.29) is 12.5 Å². The summed E-state index contributed by atoms with van der Waals surface area (Å²) in [6.45, 7) is 5.75. The van der Waals surface area contributed by atoms with Gasteiger partial charge in [-0.2, -0.15) is 0 Å². The van der Waals surface area contributed by atoms with Crippen molar-refractivity contribution in [3.8, 4) is 5.75 Å². The number of anilines is 1. The fraction of sp³-hybridized carbons (Fsp3) is 0.308. The van der Waals surface area contributed by atoms with Crippen molar-refractivity contribution in [2.24, 2.45) is 0 Å². The zero-order valence-electron chi connectivity index (χ0n) is 9.72. The standard InChI is InChI=1S/C13H15NO3/c1-3-6-14-11-7-10(8-15)4-5-12(11)17-9(2)13(14)16/h3-5,7,9,15H,1,6,8H2,2H3. The van der Waals surface area contributed by atoms with Crippen LogP contribution in [0.25, 0.3) is 0 Å². The van der Waals surface area contributed by atoms with Crippen molar-refractivity contribution in [1.29, 1.82) is 0 Å². The molecule has 4 nitrogen and oxygen atoms in total. The van der Waals surface area contributed by atoms with E-state index in [0.29, 0.717) is 18.0 Å². The van der Waals surface area contributed by atoms with Crippen molar-refractivity contribution < 1.29 is 14.6 Å². The molecule has 1 N–H and O–H groups in total. The highest BCUT2D eigenvalue weighted by Crippen LogP contribution is 2.34. The third-order valence-corrected chi connectivity index (χ3v) is 2.73. The second-order valence-electron chi connectivity index (χ2n) is 3.96. The van der Waals surface area contributed by atoms with Crippen molar-refractivity contribution in [3.63, 3.8) is 0 Å². The predicted octanol–water partition coefficient (Wildman–Crippen LogP) is 1.48. The molecule has 1 aliphatic rings. The van der Waals surface area contributed by atoms with Crippen molar-refractivity contribution in [3.05, 3.63) is 36.4 Å². The molecule has 1 aromatic rings. The number of fused-ring (bicyclic) bond motifs is 1.